The average molecular weight is 421 g/mol. The second-order valence-corrected chi connectivity index (χ2v) is 7.74. The van der Waals surface area contributed by atoms with Gasteiger partial charge in [-0.2, -0.15) is 0 Å². The molecule has 1 amide bonds. The molecule has 6 nitrogen and oxygen atoms in total. The lowest BCUT2D eigenvalue weighted by Crippen LogP contribution is -2.44. The molecular weight excluding hydrogens is 392 g/mol. The molecule has 2 unspecified atom stereocenters. The van der Waals surface area contributed by atoms with Crippen LogP contribution >= 0.6 is 0 Å². The van der Waals surface area contributed by atoms with Crippen molar-refractivity contribution >= 4 is 5.91 Å². The first-order valence-corrected chi connectivity index (χ1v) is 10.5. The number of primary amides is 1. The van der Waals surface area contributed by atoms with E-state index in [1.807, 2.05) is 54.6 Å². The number of fused-ring (bicyclic) bond motifs is 1. The minimum absolute atomic E-state index is 0.0219. The van der Waals surface area contributed by atoms with Crippen LogP contribution in [-0.4, -0.2) is 31.6 Å². The van der Waals surface area contributed by atoms with Crippen molar-refractivity contribution in [3.8, 4) is 11.5 Å². The number of carbonyl (C=O) groups excluding carboxylic acids is 1. The Labute approximate surface area is 182 Å². The maximum Gasteiger partial charge on any atom is 0.239 e. The van der Waals surface area contributed by atoms with E-state index in [1.165, 1.54) is 5.56 Å². The lowest BCUT2D eigenvalue weighted by atomic mass is 9.86. The monoisotopic (exact) mass is 420 g/mol. The number of amides is 1. The van der Waals surface area contributed by atoms with Crippen LogP contribution in [0.2, 0.25) is 0 Å². The summed E-state index contributed by atoms with van der Waals surface area (Å²) in [6, 6.07) is 17.2. The Kier molecular flexibility index (Phi) is 6.28. The van der Waals surface area contributed by atoms with Gasteiger partial charge in [0.25, 0.3) is 0 Å². The molecular formula is C25H28N2O4. The number of aryl methyl sites for hydroxylation is 1. The summed E-state index contributed by atoms with van der Waals surface area (Å²) in [5.41, 5.74) is 9.18. The lowest BCUT2D eigenvalue weighted by molar-refractivity contribution is -0.124. The molecule has 2 N–H and O–H groups in total. The van der Waals surface area contributed by atoms with Crippen molar-refractivity contribution in [1.82, 2.24) is 4.90 Å². The molecule has 0 saturated carbocycles. The van der Waals surface area contributed by atoms with Crippen molar-refractivity contribution in [2.45, 2.75) is 31.3 Å². The molecule has 0 bridgehead atoms. The molecule has 0 radical (unpaired) electrons. The number of nitrogens with two attached hydrogens (primary N) is 1. The smallest absolute Gasteiger partial charge is 0.239 e. The van der Waals surface area contributed by atoms with E-state index >= 15 is 0 Å². The summed E-state index contributed by atoms with van der Waals surface area (Å²) >= 11 is 0. The molecule has 2 atom stereocenters. The number of methoxy groups -OCH3 is 2. The molecule has 162 valence electrons. The van der Waals surface area contributed by atoms with Crippen LogP contribution in [0.1, 0.15) is 41.0 Å². The van der Waals surface area contributed by atoms with Crippen LogP contribution in [-0.2, 0) is 17.6 Å². The summed E-state index contributed by atoms with van der Waals surface area (Å²) in [7, 11) is 3.28. The molecule has 2 aromatic carbocycles. The van der Waals surface area contributed by atoms with Gasteiger partial charge < -0.3 is 19.6 Å². The van der Waals surface area contributed by atoms with E-state index in [4.69, 9.17) is 19.6 Å². The number of hydrogen-bond donors (Lipinski definition) is 1. The zero-order valence-corrected chi connectivity index (χ0v) is 17.9. The number of benzene rings is 2. The van der Waals surface area contributed by atoms with Gasteiger partial charge in [0, 0.05) is 19.0 Å². The van der Waals surface area contributed by atoms with Crippen molar-refractivity contribution < 1.29 is 18.7 Å². The van der Waals surface area contributed by atoms with Gasteiger partial charge in [-0.05, 0) is 53.8 Å². The van der Waals surface area contributed by atoms with Crippen LogP contribution in [0, 0.1) is 0 Å². The molecule has 1 aliphatic rings. The fourth-order valence-corrected chi connectivity index (χ4v) is 4.57. The van der Waals surface area contributed by atoms with Crippen molar-refractivity contribution in [3.05, 3.63) is 83.3 Å². The number of furan rings is 1. The van der Waals surface area contributed by atoms with E-state index in [1.54, 1.807) is 20.5 Å². The van der Waals surface area contributed by atoms with E-state index in [-0.39, 0.29) is 11.9 Å². The molecule has 0 spiro atoms. The summed E-state index contributed by atoms with van der Waals surface area (Å²) in [5.74, 6) is 1.97. The number of hydrogen-bond acceptors (Lipinski definition) is 5. The number of carbonyl (C=O) groups is 1. The third-order valence-electron chi connectivity index (χ3n) is 6.00. The maximum absolute atomic E-state index is 12.6. The van der Waals surface area contributed by atoms with E-state index < -0.39 is 6.04 Å². The number of nitrogens with zero attached hydrogens (tertiary/aromatic N) is 1. The maximum atomic E-state index is 12.6. The van der Waals surface area contributed by atoms with Gasteiger partial charge in [-0.3, -0.25) is 9.69 Å². The first kappa shape index (κ1) is 21.0. The van der Waals surface area contributed by atoms with E-state index in [2.05, 4.69) is 4.90 Å². The van der Waals surface area contributed by atoms with Crippen molar-refractivity contribution in [3.63, 3.8) is 0 Å². The highest BCUT2D eigenvalue weighted by atomic mass is 16.5. The summed E-state index contributed by atoms with van der Waals surface area (Å²) in [5, 5.41) is 0. The Morgan fingerprint density at radius 3 is 2.52 bits per heavy atom. The first-order chi connectivity index (χ1) is 15.1. The van der Waals surface area contributed by atoms with Gasteiger partial charge in [-0.25, -0.2) is 0 Å². The van der Waals surface area contributed by atoms with Crippen LogP contribution in [0.4, 0.5) is 0 Å². The number of ether oxygens (including phenoxy) is 2. The third-order valence-corrected chi connectivity index (χ3v) is 6.00. The quantitative estimate of drug-likeness (QED) is 0.595. The van der Waals surface area contributed by atoms with Gasteiger partial charge in [-0.1, -0.05) is 30.3 Å². The van der Waals surface area contributed by atoms with Crippen LogP contribution < -0.4 is 15.2 Å². The zero-order chi connectivity index (χ0) is 21.8. The third kappa shape index (κ3) is 4.30. The highest BCUT2D eigenvalue weighted by molar-refractivity contribution is 5.81. The van der Waals surface area contributed by atoms with Gasteiger partial charge in [0.15, 0.2) is 11.5 Å². The largest absolute Gasteiger partial charge is 0.493 e. The second kappa shape index (κ2) is 9.27. The van der Waals surface area contributed by atoms with Crippen LogP contribution in [0.25, 0.3) is 0 Å². The van der Waals surface area contributed by atoms with Crippen molar-refractivity contribution in [2.75, 3.05) is 20.8 Å². The van der Waals surface area contributed by atoms with Crippen molar-refractivity contribution in [1.29, 1.82) is 0 Å². The van der Waals surface area contributed by atoms with Crippen LogP contribution in [0.15, 0.2) is 65.3 Å². The Morgan fingerprint density at radius 2 is 1.87 bits per heavy atom. The minimum Gasteiger partial charge on any atom is -0.493 e. The molecule has 4 rings (SSSR count). The minimum atomic E-state index is -0.510. The fraction of sp³-hybridized carbons (Fsp3) is 0.320. The Bertz CT molecular complexity index is 1020. The molecule has 6 heteroatoms. The Morgan fingerprint density at radius 1 is 1.13 bits per heavy atom. The molecule has 2 heterocycles. The molecule has 1 aromatic heterocycles. The van der Waals surface area contributed by atoms with Crippen LogP contribution in [0.3, 0.4) is 0 Å². The van der Waals surface area contributed by atoms with E-state index in [0.29, 0.717) is 18.0 Å². The summed E-state index contributed by atoms with van der Waals surface area (Å²) in [6.07, 6.45) is 4.02. The summed E-state index contributed by atoms with van der Waals surface area (Å²) < 4.78 is 16.7. The predicted molar refractivity (Wildman–Crippen MR) is 118 cm³/mol. The fourth-order valence-electron chi connectivity index (χ4n) is 4.57. The van der Waals surface area contributed by atoms with Gasteiger partial charge in [0.2, 0.25) is 5.91 Å². The average Bonchev–Trinajstić information content (AvgIpc) is 3.31. The molecule has 0 fully saturated rings. The van der Waals surface area contributed by atoms with Crippen molar-refractivity contribution in [2.24, 2.45) is 5.73 Å². The highest BCUT2D eigenvalue weighted by Gasteiger charge is 2.36. The summed E-state index contributed by atoms with van der Waals surface area (Å²) in [4.78, 5) is 14.8. The topological polar surface area (TPSA) is 77.9 Å². The molecule has 0 aliphatic carbocycles. The predicted octanol–water partition coefficient (Wildman–Crippen LogP) is 4.06. The van der Waals surface area contributed by atoms with E-state index in [0.717, 1.165) is 36.1 Å². The SMILES string of the molecule is COc1cc2c(cc1OC)C(CCc1ccco1)N(C(C(N)=O)c1ccccc1)CC2. The highest BCUT2D eigenvalue weighted by Crippen LogP contribution is 2.43. The summed E-state index contributed by atoms with van der Waals surface area (Å²) in [6.45, 7) is 0.716. The van der Waals surface area contributed by atoms with E-state index in [9.17, 15) is 4.79 Å². The standard InChI is InChI=1S/C25H28N2O4/c1-29-22-15-18-12-13-27(24(25(26)28)17-7-4-3-5-8-17)21(20(18)16-23(22)30-2)11-10-19-9-6-14-31-19/h3-9,14-16,21,24H,10-13H2,1-2H3,(H2,26,28). The number of rotatable bonds is 8. The van der Waals surface area contributed by atoms with Crippen LogP contribution in [0.5, 0.6) is 11.5 Å². The van der Waals surface area contributed by atoms with Gasteiger partial charge in [0.1, 0.15) is 11.8 Å². The molecule has 1 aliphatic heterocycles. The molecule has 3 aromatic rings. The zero-order valence-electron chi connectivity index (χ0n) is 17.9. The Hall–Kier alpha value is -3.25. The first-order valence-electron chi connectivity index (χ1n) is 10.5. The normalized spacial score (nSPS) is 17.0. The Balaban J connectivity index is 1.76. The lowest BCUT2D eigenvalue weighted by Gasteiger charge is -2.41. The van der Waals surface area contributed by atoms with Gasteiger partial charge >= 0.3 is 0 Å². The second-order valence-electron chi connectivity index (χ2n) is 7.74. The molecule has 0 saturated heterocycles. The van der Waals surface area contributed by atoms with Gasteiger partial charge in [-0.15, -0.1) is 0 Å². The van der Waals surface area contributed by atoms with Gasteiger partial charge in [0.05, 0.1) is 20.5 Å². The molecule has 31 heavy (non-hydrogen) atoms.